The zero-order chi connectivity index (χ0) is 21.6. The number of hydrogen-bond acceptors (Lipinski definition) is 4. The maximum atomic E-state index is 12.9. The monoisotopic (exact) mass is 460 g/mol. The van der Waals surface area contributed by atoms with E-state index in [-0.39, 0.29) is 18.0 Å². The normalized spacial score (nSPS) is 11.4. The van der Waals surface area contributed by atoms with Gasteiger partial charge in [-0.3, -0.25) is 4.79 Å². The van der Waals surface area contributed by atoms with Crippen molar-refractivity contribution in [2.24, 2.45) is 0 Å². The molecular weight excluding hydrogens is 440 g/mol. The molecule has 0 aliphatic rings. The second-order valence-corrected chi connectivity index (χ2v) is 9.83. The second-order valence-electron chi connectivity index (χ2n) is 6.34. The van der Waals surface area contributed by atoms with Gasteiger partial charge < -0.3 is 5.32 Å². The van der Waals surface area contributed by atoms with Crippen LogP contribution >= 0.6 is 23.4 Å². The van der Waals surface area contributed by atoms with Crippen LogP contribution in [0, 0.1) is 0 Å². The van der Waals surface area contributed by atoms with Crippen molar-refractivity contribution in [3.63, 3.8) is 0 Å². The van der Waals surface area contributed by atoms with Gasteiger partial charge in [0, 0.05) is 21.4 Å². The van der Waals surface area contributed by atoms with Gasteiger partial charge in [0.15, 0.2) is 0 Å². The van der Waals surface area contributed by atoms with Gasteiger partial charge in [0.25, 0.3) is 0 Å². The maximum absolute atomic E-state index is 12.9. The molecule has 0 radical (unpaired) electrons. The third-order valence-corrected chi connectivity index (χ3v) is 7.53. The summed E-state index contributed by atoms with van der Waals surface area (Å²) < 4.78 is 26.9. The summed E-state index contributed by atoms with van der Waals surface area (Å²) in [6.45, 7) is 1.57. The van der Waals surface area contributed by atoms with Crippen molar-refractivity contribution in [1.29, 1.82) is 0 Å². The smallest absolute Gasteiger partial charge is 0.243 e. The van der Waals surface area contributed by atoms with E-state index in [0.29, 0.717) is 10.7 Å². The Hall–Kier alpha value is -2.32. The molecule has 3 aromatic rings. The van der Waals surface area contributed by atoms with Gasteiger partial charge in [0.2, 0.25) is 15.9 Å². The summed E-state index contributed by atoms with van der Waals surface area (Å²) >= 11 is 7.37. The Morgan fingerprint density at radius 3 is 2.27 bits per heavy atom. The number of nitrogens with zero attached hydrogens (tertiary/aromatic N) is 1. The van der Waals surface area contributed by atoms with E-state index in [0.717, 1.165) is 14.1 Å². The Morgan fingerprint density at radius 2 is 1.60 bits per heavy atom. The Bertz CT molecular complexity index is 1100. The van der Waals surface area contributed by atoms with Crippen LogP contribution in [0.4, 0.5) is 5.69 Å². The van der Waals surface area contributed by atoms with Crippen molar-refractivity contribution < 1.29 is 13.2 Å². The first-order chi connectivity index (χ1) is 14.4. The highest BCUT2D eigenvalue weighted by molar-refractivity contribution is 7.99. The van der Waals surface area contributed by atoms with Gasteiger partial charge in [-0.15, -0.1) is 0 Å². The molecule has 0 fully saturated rings. The van der Waals surface area contributed by atoms with Crippen molar-refractivity contribution in [2.75, 3.05) is 18.4 Å². The predicted molar refractivity (Wildman–Crippen MR) is 122 cm³/mol. The van der Waals surface area contributed by atoms with E-state index in [9.17, 15) is 13.2 Å². The number of para-hydroxylation sites is 1. The molecule has 0 saturated carbocycles. The highest BCUT2D eigenvalue weighted by Crippen LogP contribution is 2.33. The number of carbonyl (C=O) groups is 1. The van der Waals surface area contributed by atoms with Crippen LogP contribution in [0.1, 0.15) is 6.92 Å². The third kappa shape index (κ3) is 5.64. The number of likely N-dealkylation sites (N-methyl/N-ethyl adjacent to an activating group) is 1. The number of amides is 1. The minimum absolute atomic E-state index is 0.0987. The molecule has 30 heavy (non-hydrogen) atoms. The van der Waals surface area contributed by atoms with Crippen molar-refractivity contribution in [3.05, 3.63) is 83.9 Å². The van der Waals surface area contributed by atoms with E-state index in [1.54, 1.807) is 13.0 Å². The molecule has 0 heterocycles. The fourth-order valence-electron chi connectivity index (χ4n) is 2.75. The van der Waals surface area contributed by atoms with Crippen molar-refractivity contribution in [1.82, 2.24) is 4.31 Å². The number of anilines is 1. The molecule has 8 heteroatoms. The lowest BCUT2D eigenvalue weighted by Crippen LogP contribution is -2.37. The Morgan fingerprint density at radius 1 is 0.967 bits per heavy atom. The number of benzene rings is 3. The highest BCUT2D eigenvalue weighted by Gasteiger charge is 2.25. The minimum atomic E-state index is -3.81. The standard InChI is InChI=1S/C22H21ClN2O3S2/c1-2-25(30(27,28)19-14-12-17(23)13-15-19)16-22(26)24-20-10-6-7-11-21(20)29-18-8-4-3-5-9-18/h3-15H,2,16H2,1H3,(H,24,26). The number of nitrogens with one attached hydrogen (secondary N) is 1. The number of sulfonamides is 1. The lowest BCUT2D eigenvalue weighted by molar-refractivity contribution is -0.116. The van der Waals surface area contributed by atoms with E-state index in [4.69, 9.17) is 11.6 Å². The van der Waals surface area contributed by atoms with Crippen LogP contribution in [-0.4, -0.2) is 31.7 Å². The molecule has 1 N–H and O–H groups in total. The molecule has 0 aromatic heterocycles. The van der Waals surface area contributed by atoms with E-state index >= 15 is 0 Å². The molecule has 0 unspecified atom stereocenters. The Labute approximate surface area is 186 Å². The molecule has 5 nitrogen and oxygen atoms in total. The zero-order valence-corrected chi connectivity index (χ0v) is 18.7. The fraction of sp³-hybridized carbons (Fsp3) is 0.136. The molecule has 0 saturated heterocycles. The van der Waals surface area contributed by atoms with Crippen molar-refractivity contribution in [2.45, 2.75) is 21.6 Å². The van der Waals surface area contributed by atoms with Crippen molar-refractivity contribution >= 4 is 45.0 Å². The maximum Gasteiger partial charge on any atom is 0.243 e. The van der Waals surface area contributed by atoms with Gasteiger partial charge in [0.1, 0.15) is 0 Å². The van der Waals surface area contributed by atoms with E-state index in [1.807, 2.05) is 48.5 Å². The predicted octanol–water partition coefficient (Wildman–Crippen LogP) is 5.14. The average molecular weight is 461 g/mol. The summed E-state index contributed by atoms with van der Waals surface area (Å²) in [5, 5.41) is 3.29. The van der Waals surface area contributed by atoms with Crippen LogP contribution in [0.2, 0.25) is 5.02 Å². The number of rotatable bonds is 8. The van der Waals surface area contributed by atoms with E-state index < -0.39 is 15.9 Å². The summed E-state index contributed by atoms with van der Waals surface area (Å²) in [5.74, 6) is -0.407. The van der Waals surface area contributed by atoms with Gasteiger partial charge in [-0.2, -0.15) is 4.31 Å². The molecule has 0 atom stereocenters. The molecular formula is C22H21ClN2O3S2. The first-order valence-electron chi connectivity index (χ1n) is 9.27. The quantitative estimate of drug-likeness (QED) is 0.505. The number of carbonyl (C=O) groups excluding carboxylic acids is 1. The first-order valence-corrected chi connectivity index (χ1v) is 11.9. The lowest BCUT2D eigenvalue weighted by atomic mass is 10.3. The van der Waals surface area contributed by atoms with Gasteiger partial charge in [0.05, 0.1) is 17.1 Å². The van der Waals surface area contributed by atoms with E-state index in [2.05, 4.69) is 5.32 Å². The summed E-state index contributed by atoms with van der Waals surface area (Å²) in [6, 6.07) is 23.1. The fourth-order valence-corrected chi connectivity index (χ4v) is 5.20. The summed E-state index contributed by atoms with van der Waals surface area (Å²) in [5.41, 5.74) is 0.635. The third-order valence-electron chi connectivity index (χ3n) is 4.26. The molecule has 0 spiro atoms. The van der Waals surface area contributed by atoms with Gasteiger partial charge >= 0.3 is 0 Å². The van der Waals surface area contributed by atoms with Crippen LogP contribution in [0.15, 0.2) is 93.5 Å². The van der Waals surface area contributed by atoms with Crippen LogP contribution < -0.4 is 5.32 Å². The second kappa shape index (κ2) is 10.1. The topological polar surface area (TPSA) is 66.5 Å². The molecule has 0 aliphatic carbocycles. The molecule has 156 valence electrons. The van der Waals surface area contributed by atoms with Gasteiger partial charge in [-0.1, -0.05) is 60.6 Å². The number of hydrogen-bond donors (Lipinski definition) is 1. The van der Waals surface area contributed by atoms with Crippen LogP contribution in [0.5, 0.6) is 0 Å². The minimum Gasteiger partial charge on any atom is -0.324 e. The average Bonchev–Trinajstić information content (AvgIpc) is 2.74. The lowest BCUT2D eigenvalue weighted by Gasteiger charge is -2.20. The molecule has 3 aromatic carbocycles. The molecule has 0 bridgehead atoms. The molecule has 3 rings (SSSR count). The van der Waals surface area contributed by atoms with Gasteiger partial charge in [-0.25, -0.2) is 8.42 Å². The Balaban J connectivity index is 1.74. The highest BCUT2D eigenvalue weighted by atomic mass is 35.5. The first kappa shape index (κ1) is 22.4. The van der Waals surface area contributed by atoms with Crippen LogP contribution in [0.25, 0.3) is 0 Å². The zero-order valence-electron chi connectivity index (χ0n) is 16.3. The SMILES string of the molecule is CCN(CC(=O)Nc1ccccc1Sc1ccccc1)S(=O)(=O)c1ccc(Cl)cc1. The summed E-state index contributed by atoms with van der Waals surface area (Å²) in [4.78, 5) is 14.7. The molecule has 1 amide bonds. The van der Waals surface area contributed by atoms with Crippen molar-refractivity contribution in [3.8, 4) is 0 Å². The summed E-state index contributed by atoms with van der Waals surface area (Å²) in [6.07, 6.45) is 0. The number of halogens is 1. The Kier molecular flexibility index (Phi) is 7.55. The molecule has 0 aliphatic heterocycles. The van der Waals surface area contributed by atoms with Gasteiger partial charge in [-0.05, 0) is 48.5 Å². The largest absolute Gasteiger partial charge is 0.324 e. The summed E-state index contributed by atoms with van der Waals surface area (Å²) in [7, 11) is -3.81. The van der Waals surface area contributed by atoms with E-state index in [1.165, 1.54) is 36.0 Å². The van der Waals surface area contributed by atoms with Crippen LogP contribution in [0.3, 0.4) is 0 Å². The van der Waals surface area contributed by atoms with Crippen LogP contribution in [-0.2, 0) is 14.8 Å².